The Morgan fingerprint density at radius 3 is 2.48 bits per heavy atom. The summed E-state index contributed by atoms with van der Waals surface area (Å²) >= 11 is 6.15. The first kappa shape index (κ1) is 24.2. The molecular weight excluding hydrogens is 470 g/mol. The van der Waals surface area contributed by atoms with Crippen molar-refractivity contribution in [1.82, 2.24) is 4.72 Å². The van der Waals surface area contributed by atoms with E-state index in [0.717, 1.165) is 5.56 Å². The summed E-state index contributed by atoms with van der Waals surface area (Å²) in [5, 5.41) is 13.5. The smallest absolute Gasteiger partial charge is 0.271 e. The fourth-order valence-corrected chi connectivity index (χ4v) is 4.15. The number of rotatable bonds is 9. The lowest BCUT2D eigenvalue weighted by Gasteiger charge is -2.12. The van der Waals surface area contributed by atoms with Gasteiger partial charge in [0.2, 0.25) is 10.0 Å². The molecule has 0 aliphatic carbocycles. The molecule has 9 nitrogen and oxygen atoms in total. The largest absolute Gasteiger partial charge is 0.482 e. The first-order valence-electron chi connectivity index (χ1n) is 9.66. The molecular formula is C22H20ClN3O6S. The highest BCUT2D eigenvalue weighted by Gasteiger charge is 2.17. The number of sulfonamides is 1. The number of aryl methyl sites for hydroxylation is 1. The van der Waals surface area contributed by atoms with Crippen LogP contribution >= 0.6 is 11.6 Å². The molecule has 0 bridgehead atoms. The Morgan fingerprint density at radius 1 is 1.09 bits per heavy atom. The Morgan fingerprint density at radius 2 is 1.82 bits per heavy atom. The van der Waals surface area contributed by atoms with Gasteiger partial charge in [-0.05, 0) is 36.2 Å². The molecule has 11 heteroatoms. The summed E-state index contributed by atoms with van der Waals surface area (Å²) in [6.45, 7) is 1.39. The van der Waals surface area contributed by atoms with Crippen LogP contribution in [0.25, 0.3) is 0 Å². The predicted molar refractivity (Wildman–Crippen MR) is 124 cm³/mol. The fraction of sp³-hybridized carbons (Fsp3) is 0.136. The lowest BCUT2D eigenvalue weighted by atomic mass is 10.2. The molecule has 0 radical (unpaired) electrons. The molecule has 3 aromatic carbocycles. The van der Waals surface area contributed by atoms with Crippen molar-refractivity contribution in [3.63, 3.8) is 0 Å². The van der Waals surface area contributed by atoms with Crippen LogP contribution in [0.4, 0.5) is 11.4 Å². The predicted octanol–water partition coefficient (Wildman–Crippen LogP) is 4.05. The summed E-state index contributed by atoms with van der Waals surface area (Å²) in [6, 6.07) is 17.1. The van der Waals surface area contributed by atoms with Crippen LogP contribution in [0, 0.1) is 17.0 Å². The van der Waals surface area contributed by atoms with E-state index >= 15 is 0 Å². The van der Waals surface area contributed by atoms with Crippen LogP contribution in [0.3, 0.4) is 0 Å². The minimum atomic E-state index is -3.81. The summed E-state index contributed by atoms with van der Waals surface area (Å²) in [6.07, 6.45) is 0. The lowest BCUT2D eigenvalue weighted by Crippen LogP contribution is -2.23. The zero-order chi connectivity index (χ0) is 24.0. The van der Waals surface area contributed by atoms with Crippen molar-refractivity contribution in [2.75, 3.05) is 11.9 Å². The van der Waals surface area contributed by atoms with Crippen LogP contribution in [0.2, 0.25) is 5.02 Å². The molecule has 0 fully saturated rings. The molecule has 0 spiro atoms. The Labute approximate surface area is 195 Å². The van der Waals surface area contributed by atoms with Crippen LogP contribution in [0.15, 0.2) is 71.6 Å². The molecule has 0 aliphatic rings. The zero-order valence-corrected chi connectivity index (χ0v) is 19.0. The average molecular weight is 490 g/mol. The summed E-state index contributed by atoms with van der Waals surface area (Å²) in [4.78, 5) is 22.5. The van der Waals surface area contributed by atoms with E-state index in [1.807, 2.05) is 18.2 Å². The van der Waals surface area contributed by atoms with E-state index < -0.39 is 27.5 Å². The number of nitrogens with zero attached hydrogens (tertiary/aromatic N) is 1. The second kappa shape index (κ2) is 10.4. The normalized spacial score (nSPS) is 11.1. The maximum atomic E-state index is 12.5. The van der Waals surface area contributed by atoms with Gasteiger partial charge in [0.05, 0.1) is 20.5 Å². The first-order valence-corrected chi connectivity index (χ1v) is 11.5. The highest BCUT2D eigenvalue weighted by Crippen LogP contribution is 2.28. The number of anilines is 1. The second-order valence-corrected chi connectivity index (χ2v) is 9.17. The first-order chi connectivity index (χ1) is 15.7. The minimum Gasteiger partial charge on any atom is -0.482 e. The van der Waals surface area contributed by atoms with Crippen LogP contribution < -0.4 is 14.8 Å². The van der Waals surface area contributed by atoms with E-state index in [1.165, 1.54) is 36.4 Å². The minimum absolute atomic E-state index is 0.0110. The van der Waals surface area contributed by atoms with Gasteiger partial charge in [-0.1, -0.05) is 48.0 Å². The number of nitro benzene ring substituents is 1. The van der Waals surface area contributed by atoms with Gasteiger partial charge in [-0.3, -0.25) is 14.9 Å². The molecule has 0 unspecified atom stereocenters. The lowest BCUT2D eigenvalue weighted by molar-refractivity contribution is -0.384. The molecule has 0 atom stereocenters. The third kappa shape index (κ3) is 6.51. The van der Waals surface area contributed by atoms with Crippen LogP contribution in [0.5, 0.6) is 5.75 Å². The van der Waals surface area contributed by atoms with E-state index in [9.17, 15) is 23.3 Å². The Kier molecular flexibility index (Phi) is 7.64. The van der Waals surface area contributed by atoms with Crippen LogP contribution in [0.1, 0.15) is 11.1 Å². The van der Waals surface area contributed by atoms with E-state index in [1.54, 1.807) is 19.1 Å². The van der Waals surface area contributed by atoms with Crippen molar-refractivity contribution in [3.8, 4) is 5.75 Å². The number of nitro groups is 1. The monoisotopic (exact) mass is 489 g/mol. The van der Waals surface area contributed by atoms with Crippen molar-refractivity contribution in [3.05, 3.63) is 93.0 Å². The third-order valence-corrected chi connectivity index (χ3v) is 6.28. The molecule has 0 saturated heterocycles. The number of amides is 1. The van der Waals surface area contributed by atoms with E-state index in [4.69, 9.17) is 16.3 Å². The number of hydrogen-bond donors (Lipinski definition) is 2. The molecule has 172 valence electrons. The van der Waals surface area contributed by atoms with E-state index in [-0.39, 0.29) is 33.6 Å². The Bertz CT molecular complexity index is 1280. The number of carbonyl (C=O) groups is 1. The number of non-ortho nitro benzene ring substituents is 1. The topological polar surface area (TPSA) is 128 Å². The van der Waals surface area contributed by atoms with E-state index in [2.05, 4.69) is 10.0 Å². The summed E-state index contributed by atoms with van der Waals surface area (Å²) in [5.41, 5.74) is 1.58. The van der Waals surface area contributed by atoms with Gasteiger partial charge in [0, 0.05) is 18.7 Å². The summed E-state index contributed by atoms with van der Waals surface area (Å²) < 4.78 is 32.9. The van der Waals surface area contributed by atoms with Crippen molar-refractivity contribution < 1.29 is 22.9 Å². The number of ether oxygens (including phenoxy) is 1. The van der Waals surface area contributed by atoms with Gasteiger partial charge in [0.1, 0.15) is 5.75 Å². The quantitative estimate of drug-likeness (QED) is 0.344. The molecule has 3 aromatic rings. The maximum Gasteiger partial charge on any atom is 0.271 e. The number of carbonyl (C=O) groups excluding carboxylic acids is 1. The molecule has 33 heavy (non-hydrogen) atoms. The number of halogens is 1. The Hall–Kier alpha value is -3.47. The average Bonchev–Trinajstić information content (AvgIpc) is 2.79. The van der Waals surface area contributed by atoms with Crippen LogP contribution in [-0.4, -0.2) is 25.9 Å². The second-order valence-electron chi connectivity index (χ2n) is 7.00. The standard InChI is InChI=1S/C22H20ClN3O6S/c1-15-7-8-17(26(28)29)11-20(15)25-22(27)14-32-21-10-9-18(12-19(21)23)33(30,31)24-13-16-5-3-2-4-6-16/h2-12,24H,13-14H2,1H3,(H,25,27). The fourth-order valence-electron chi connectivity index (χ4n) is 2.81. The third-order valence-electron chi connectivity index (χ3n) is 4.59. The highest BCUT2D eigenvalue weighted by molar-refractivity contribution is 7.89. The zero-order valence-electron chi connectivity index (χ0n) is 17.4. The summed E-state index contributed by atoms with van der Waals surface area (Å²) in [5.74, 6) is -0.444. The molecule has 3 rings (SSSR count). The molecule has 1 amide bonds. The van der Waals surface area contributed by atoms with Crippen molar-refractivity contribution in [1.29, 1.82) is 0 Å². The number of nitrogens with one attached hydrogen (secondary N) is 2. The highest BCUT2D eigenvalue weighted by atomic mass is 35.5. The van der Waals surface area contributed by atoms with E-state index in [0.29, 0.717) is 5.56 Å². The number of hydrogen-bond acceptors (Lipinski definition) is 6. The van der Waals surface area contributed by atoms with Gasteiger partial charge in [0.15, 0.2) is 6.61 Å². The SMILES string of the molecule is Cc1ccc([N+](=O)[O-])cc1NC(=O)COc1ccc(S(=O)(=O)NCc2ccccc2)cc1Cl. The van der Waals surface area contributed by atoms with Crippen molar-refractivity contribution in [2.45, 2.75) is 18.4 Å². The molecule has 0 aliphatic heterocycles. The van der Waals surface area contributed by atoms with Gasteiger partial charge >= 0.3 is 0 Å². The van der Waals surface area contributed by atoms with Crippen molar-refractivity contribution >= 4 is 38.9 Å². The van der Waals surface area contributed by atoms with Gasteiger partial charge < -0.3 is 10.1 Å². The molecule has 0 heterocycles. The van der Waals surface area contributed by atoms with Gasteiger partial charge in [0.25, 0.3) is 11.6 Å². The van der Waals surface area contributed by atoms with Gasteiger partial charge in [-0.2, -0.15) is 0 Å². The molecule has 2 N–H and O–H groups in total. The van der Waals surface area contributed by atoms with Gasteiger partial charge in [-0.15, -0.1) is 0 Å². The van der Waals surface area contributed by atoms with Gasteiger partial charge in [-0.25, -0.2) is 13.1 Å². The summed E-state index contributed by atoms with van der Waals surface area (Å²) in [7, 11) is -3.81. The Balaban J connectivity index is 1.62. The van der Waals surface area contributed by atoms with Crippen molar-refractivity contribution in [2.24, 2.45) is 0 Å². The maximum absolute atomic E-state index is 12.5. The number of benzene rings is 3. The van der Waals surface area contributed by atoms with Crippen LogP contribution in [-0.2, 0) is 21.4 Å². The molecule has 0 aromatic heterocycles. The molecule has 0 saturated carbocycles.